The lowest BCUT2D eigenvalue weighted by Gasteiger charge is -2.14. The first-order valence-corrected chi connectivity index (χ1v) is 11.6. The molecule has 4 rings (SSSR count). The van der Waals surface area contributed by atoms with Gasteiger partial charge in [0, 0.05) is 20.0 Å². The predicted octanol–water partition coefficient (Wildman–Crippen LogP) is 6.02. The molecule has 0 saturated heterocycles. The summed E-state index contributed by atoms with van der Waals surface area (Å²) in [6.45, 7) is 0.337. The summed E-state index contributed by atoms with van der Waals surface area (Å²) in [5, 5.41) is 4.19. The van der Waals surface area contributed by atoms with Crippen molar-refractivity contribution in [1.82, 2.24) is 3.97 Å². The lowest BCUT2D eigenvalue weighted by molar-refractivity contribution is 0.587. The summed E-state index contributed by atoms with van der Waals surface area (Å²) >= 11 is 7.14. The maximum Gasteiger partial charge on any atom is 0.268 e. The number of rotatable bonds is 5. The quantitative estimate of drug-likeness (QED) is 0.351. The van der Waals surface area contributed by atoms with Gasteiger partial charge in [0.05, 0.1) is 22.7 Å². The highest BCUT2D eigenvalue weighted by atomic mass is 79.9. The van der Waals surface area contributed by atoms with Crippen LogP contribution in [0.5, 0.6) is 0 Å². The van der Waals surface area contributed by atoms with Crippen LogP contribution in [0.2, 0.25) is 0 Å². The Balaban J connectivity index is 1.88. The zero-order valence-corrected chi connectivity index (χ0v) is 18.6. The molecule has 0 saturated carbocycles. The van der Waals surface area contributed by atoms with E-state index in [2.05, 4.69) is 37.2 Å². The van der Waals surface area contributed by atoms with Crippen LogP contribution < -0.4 is 5.32 Å². The minimum absolute atomic E-state index is 0.255. The second-order valence-electron chi connectivity index (χ2n) is 6.19. The van der Waals surface area contributed by atoms with Gasteiger partial charge in [0.15, 0.2) is 0 Å². The number of halogens is 2. The van der Waals surface area contributed by atoms with Crippen molar-refractivity contribution >= 4 is 58.5 Å². The topological polar surface area (TPSA) is 51.1 Å². The number of hydrogen-bond acceptors (Lipinski definition) is 3. The van der Waals surface area contributed by atoms with E-state index < -0.39 is 10.0 Å². The second kappa shape index (κ2) is 7.73. The summed E-state index contributed by atoms with van der Waals surface area (Å²) in [4.78, 5) is 0.255. The summed E-state index contributed by atoms with van der Waals surface area (Å²) < 4.78 is 30.0. The van der Waals surface area contributed by atoms with Gasteiger partial charge in [-0.1, -0.05) is 48.5 Å². The molecule has 4 nitrogen and oxygen atoms in total. The largest absolute Gasteiger partial charge is 0.378 e. The van der Waals surface area contributed by atoms with E-state index in [9.17, 15) is 8.42 Å². The number of nitrogens with one attached hydrogen (secondary N) is 1. The van der Waals surface area contributed by atoms with Crippen molar-refractivity contribution in [3.63, 3.8) is 0 Å². The van der Waals surface area contributed by atoms with Crippen LogP contribution in [0, 0.1) is 0 Å². The monoisotopic (exact) mass is 518 g/mol. The molecule has 1 N–H and O–H groups in total. The Bertz CT molecular complexity index is 1250. The minimum atomic E-state index is -3.75. The minimum Gasteiger partial charge on any atom is -0.378 e. The van der Waals surface area contributed by atoms with E-state index >= 15 is 0 Å². The van der Waals surface area contributed by atoms with Crippen LogP contribution in [0.15, 0.2) is 92.7 Å². The summed E-state index contributed by atoms with van der Waals surface area (Å²) in [5.74, 6) is 0. The van der Waals surface area contributed by atoms with Crippen molar-refractivity contribution in [2.24, 2.45) is 0 Å². The Kier molecular flexibility index (Phi) is 5.31. The van der Waals surface area contributed by atoms with Gasteiger partial charge in [0.2, 0.25) is 0 Å². The third-order valence-corrected chi connectivity index (χ3v) is 7.80. The maximum absolute atomic E-state index is 13.5. The summed E-state index contributed by atoms with van der Waals surface area (Å²) in [6.07, 6.45) is 0. The van der Waals surface area contributed by atoms with E-state index in [1.807, 2.05) is 48.5 Å². The van der Waals surface area contributed by atoms with Gasteiger partial charge >= 0.3 is 0 Å². The summed E-state index contributed by atoms with van der Waals surface area (Å²) in [7, 11) is -3.75. The van der Waals surface area contributed by atoms with Crippen LogP contribution in [-0.2, 0) is 16.6 Å². The summed E-state index contributed by atoms with van der Waals surface area (Å²) in [5.41, 5.74) is 2.17. The van der Waals surface area contributed by atoms with E-state index in [0.29, 0.717) is 17.8 Å². The molecule has 3 aromatic carbocycles. The first-order valence-electron chi connectivity index (χ1n) is 8.57. The third kappa shape index (κ3) is 3.38. The van der Waals surface area contributed by atoms with E-state index in [1.54, 1.807) is 30.3 Å². The van der Waals surface area contributed by atoms with E-state index in [0.717, 1.165) is 20.0 Å². The number of aromatic nitrogens is 1. The maximum atomic E-state index is 13.5. The van der Waals surface area contributed by atoms with Gasteiger partial charge < -0.3 is 5.32 Å². The SMILES string of the molecule is O=S(=O)(c1ccccc1)n1c(CNc2ccccc2Br)c(Br)c2ccccc21. The average molecular weight is 520 g/mol. The molecule has 0 aliphatic heterocycles. The average Bonchev–Trinajstić information content (AvgIpc) is 3.01. The fraction of sp³-hybridized carbons (Fsp3) is 0.0476. The fourth-order valence-corrected chi connectivity index (χ4v) is 5.90. The van der Waals surface area contributed by atoms with Crippen molar-refractivity contribution in [3.05, 3.63) is 93.5 Å². The van der Waals surface area contributed by atoms with Crippen molar-refractivity contribution in [2.75, 3.05) is 5.32 Å². The molecule has 0 atom stereocenters. The van der Waals surface area contributed by atoms with Crippen LogP contribution in [-0.4, -0.2) is 12.4 Å². The molecule has 0 fully saturated rings. The van der Waals surface area contributed by atoms with Gasteiger partial charge in [0.25, 0.3) is 10.0 Å². The van der Waals surface area contributed by atoms with Crippen LogP contribution in [0.25, 0.3) is 10.9 Å². The molecule has 0 aliphatic rings. The molecule has 0 bridgehead atoms. The molecule has 0 unspecified atom stereocenters. The Morgan fingerprint density at radius 3 is 2.21 bits per heavy atom. The second-order valence-corrected chi connectivity index (χ2v) is 9.63. The molecular weight excluding hydrogens is 504 g/mol. The predicted molar refractivity (Wildman–Crippen MR) is 120 cm³/mol. The number of fused-ring (bicyclic) bond motifs is 1. The molecule has 4 aromatic rings. The molecular formula is C21H16Br2N2O2S. The van der Waals surface area contributed by atoms with Crippen molar-refractivity contribution in [2.45, 2.75) is 11.4 Å². The number of nitrogens with zero attached hydrogens (tertiary/aromatic N) is 1. The zero-order chi connectivity index (χ0) is 19.7. The van der Waals surface area contributed by atoms with Crippen molar-refractivity contribution in [1.29, 1.82) is 0 Å². The lowest BCUT2D eigenvalue weighted by Crippen LogP contribution is -2.17. The Labute approximate surface area is 180 Å². The van der Waals surface area contributed by atoms with Gasteiger partial charge in [-0.05, 0) is 62.2 Å². The molecule has 0 spiro atoms. The van der Waals surface area contributed by atoms with Crippen molar-refractivity contribution in [3.8, 4) is 0 Å². The summed E-state index contributed by atoms with van der Waals surface area (Å²) in [6, 6.07) is 23.7. The molecule has 142 valence electrons. The number of anilines is 1. The molecule has 1 heterocycles. The van der Waals surface area contributed by atoms with Crippen LogP contribution >= 0.6 is 31.9 Å². The number of hydrogen-bond donors (Lipinski definition) is 1. The highest BCUT2D eigenvalue weighted by Crippen LogP contribution is 2.35. The van der Waals surface area contributed by atoms with Gasteiger partial charge in [-0.2, -0.15) is 0 Å². The number of para-hydroxylation sites is 2. The molecule has 28 heavy (non-hydrogen) atoms. The normalized spacial score (nSPS) is 11.6. The van der Waals surface area contributed by atoms with Crippen LogP contribution in [0.1, 0.15) is 5.69 Å². The van der Waals surface area contributed by atoms with Crippen LogP contribution in [0.3, 0.4) is 0 Å². The zero-order valence-electron chi connectivity index (χ0n) is 14.6. The Morgan fingerprint density at radius 1 is 0.821 bits per heavy atom. The highest BCUT2D eigenvalue weighted by molar-refractivity contribution is 9.11. The van der Waals surface area contributed by atoms with E-state index in [-0.39, 0.29) is 4.90 Å². The lowest BCUT2D eigenvalue weighted by atomic mass is 10.2. The molecule has 0 aliphatic carbocycles. The van der Waals surface area contributed by atoms with Gasteiger partial charge in [-0.15, -0.1) is 0 Å². The smallest absolute Gasteiger partial charge is 0.268 e. The Morgan fingerprint density at radius 2 is 1.46 bits per heavy atom. The van der Waals surface area contributed by atoms with E-state index in [1.165, 1.54) is 3.97 Å². The highest BCUT2D eigenvalue weighted by Gasteiger charge is 2.25. The Hall–Kier alpha value is -2.09. The number of benzene rings is 3. The van der Waals surface area contributed by atoms with Crippen molar-refractivity contribution < 1.29 is 8.42 Å². The van der Waals surface area contributed by atoms with E-state index in [4.69, 9.17) is 0 Å². The first kappa shape index (κ1) is 19.2. The third-order valence-electron chi connectivity index (χ3n) is 4.46. The molecule has 0 amide bonds. The standard InChI is InChI=1S/C21H16Br2N2O2S/c22-17-11-5-6-12-18(17)24-14-20-21(23)16-10-4-7-13-19(16)25(20)28(26,27)15-8-2-1-3-9-15/h1-13,24H,14H2. The fourth-order valence-electron chi connectivity index (χ4n) is 3.13. The molecule has 7 heteroatoms. The van der Waals surface area contributed by atoms with Gasteiger partial charge in [-0.25, -0.2) is 12.4 Å². The van der Waals surface area contributed by atoms with Crippen LogP contribution in [0.4, 0.5) is 5.69 Å². The molecule has 0 radical (unpaired) electrons. The first-order chi connectivity index (χ1) is 13.5. The van der Waals surface area contributed by atoms with Gasteiger partial charge in [-0.3, -0.25) is 0 Å². The van der Waals surface area contributed by atoms with Gasteiger partial charge in [0.1, 0.15) is 0 Å². The molecule has 1 aromatic heterocycles.